The molecule has 0 aromatic rings. The average Bonchev–Trinajstić information content (AvgIpc) is 3.33. The largest absolute Gasteiger partial charge is 0.477 e. The number of carbonyl (C=O) groups excluding carboxylic acids is 2. The quantitative estimate of drug-likeness (QED) is 0.0211. The van der Waals surface area contributed by atoms with Gasteiger partial charge in [0.25, 0.3) is 6.29 Å². The van der Waals surface area contributed by atoms with Crippen molar-refractivity contribution in [1.82, 2.24) is 0 Å². The standard InChI is InChI=1S/C61H105NO8/c1-6-8-10-12-14-16-18-20-22-24-26-27-28-29-30-31-32-33-34-36-38-40-42-44-46-48-50-52-59(64)70-57(56-69-61(60(65)66)67-54-53-62(3,4)5)55-68-58(63)51-49-47-45-43-41-39-37-35-25-23-21-19-17-15-13-11-9-7-2/h8,10,14,16-17,19-20,22-23,25-27,29-30,57,61H,6-7,9,11-13,15,18,21,24,28,31-56H2,1-5H3/p+1/b10-8-,16-14-,19-17-,22-20-,25-23-,27-26-,30-29-. The molecule has 9 heteroatoms. The molecule has 2 atom stereocenters. The van der Waals surface area contributed by atoms with Crippen LogP contribution in [0.3, 0.4) is 0 Å². The number of likely N-dealkylation sites (N-methyl/N-ethyl adjacent to an activating group) is 1. The third-order valence-corrected chi connectivity index (χ3v) is 11.9. The number of ether oxygens (including phenoxy) is 4. The summed E-state index contributed by atoms with van der Waals surface area (Å²) < 4.78 is 22.9. The maximum absolute atomic E-state index is 12.9. The number of esters is 2. The van der Waals surface area contributed by atoms with E-state index < -0.39 is 24.3 Å². The second-order valence-corrected chi connectivity index (χ2v) is 19.9. The number of hydrogen-bond donors (Lipinski definition) is 1. The predicted octanol–water partition coefficient (Wildman–Crippen LogP) is 16.4. The average molecular weight is 982 g/mol. The van der Waals surface area contributed by atoms with Gasteiger partial charge in [0, 0.05) is 12.8 Å². The van der Waals surface area contributed by atoms with Gasteiger partial charge in [-0.25, -0.2) is 4.79 Å². The number of quaternary nitrogens is 1. The molecule has 0 heterocycles. The van der Waals surface area contributed by atoms with Gasteiger partial charge in [-0.3, -0.25) is 9.59 Å². The van der Waals surface area contributed by atoms with E-state index in [2.05, 4.69) is 98.9 Å². The lowest BCUT2D eigenvalue weighted by Crippen LogP contribution is -2.40. The SMILES string of the molecule is CC/C=C\C/C=C\C/C=C\C/C=C\C/C=C\CCCCCCCCCCCCCC(=O)OC(COC(=O)CCCCCCCCC/C=C\C/C=C\CCCCCC)COC(OCC[N+](C)(C)C)C(=O)O. The Morgan fingerprint density at radius 3 is 1.21 bits per heavy atom. The third kappa shape index (κ3) is 52.3. The molecule has 70 heavy (non-hydrogen) atoms. The van der Waals surface area contributed by atoms with E-state index in [4.69, 9.17) is 18.9 Å². The van der Waals surface area contributed by atoms with Crippen molar-refractivity contribution in [3.05, 3.63) is 85.1 Å². The van der Waals surface area contributed by atoms with E-state index in [0.29, 0.717) is 17.4 Å². The number of rotatable bonds is 51. The van der Waals surface area contributed by atoms with Crippen LogP contribution in [0.25, 0.3) is 0 Å². The van der Waals surface area contributed by atoms with Crippen LogP contribution in [0, 0.1) is 0 Å². The zero-order chi connectivity index (χ0) is 51.3. The van der Waals surface area contributed by atoms with E-state index in [1.54, 1.807) is 0 Å². The van der Waals surface area contributed by atoms with Crippen molar-refractivity contribution >= 4 is 17.9 Å². The Labute approximate surface area is 430 Å². The number of carbonyl (C=O) groups is 3. The summed E-state index contributed by atoms with van der Waals surface area (Å²) in [5, 5.41) is 9.70. The van der Waals surface area contributed by atoms with Crippen molar-refractivity contribution in [3.8, 4) is 0 Å². The summed E-state index contributed by atoms with van der Waals surface area (Å²) in [6.45, 7) is 4.74. The minimum Gasteiger partial charge on any atom is -0.477 e. The van der Waals surface area contributed by atoms with E-state index in [1.165, 1.54) is 96.3 Å². The zero-order valence-electron chi connectivity index (χ0n) is 45.7. The van der Waals surface area contributed by atoms with E-state index in [-0.39, 0.29) is 38.6 Å². The normalized spacial score (nSPS) is 13.4. The fraction of sp³-hybridized carbons (Fsp3) is 0.721. The van der Waals surface area contributed by atoms with Gasteiger partial charge >= 0.3 is 17.9 Å². The first kappa shape index (κ1) is 66.5. The lowest BCUT2D eigenvalue weighted by atomic mass is 10.0. The molecule has 0 saturated carbocycles. The van der Waals surface area contributed by atoms with Gasteiger partial charge < -0.3 is 28.5 Å². The fourth-order valence-electron chi connectivity index (χ4n) is 7.54. The molecule has 0 radical (unpaired) electrons. The summed E-state index contributed by atoms with van der Waals surface area (Å²) in [4.78, 5) is 37.4. The van der Waals surface area contributed by atoms with Crippen LogP contribution in [0.4, 0.5) is 0 Å². The lowest BCUT2D eigenvalue weighted by molar-refractivity contribution is -0.870. The molecule has 9 nitrogen and oxygen atoms in total. The smallest absolute Gasteiger partial charge is 0.361 e. The van der Waals surface area contributed by atoms with Crippen molar-refractivity contribution in [1.29, 1.82) is 0 Å². The molecular weight excluding hydrogens is 875 g/mol. The Kier molecular flexibility index (Phi) is 49.2. The van der Waals surface area contributed by atoms with Crippen molar-refractivity contribution in [2.45, 2.75) is 238 Å². The van der Waals surface area contributed by atoms with Gasteiger partial charge in [-0.05, 0) is 89.9 Å². The van der Waals surface area contributed by atoms with Crippen LogP contribution >= 0.6 is 0 Å². The number of carboxylic acid groups (broad SMARTS) is 1. The molecule has 0 aliphatic rings. The predicted molar refractivity (Wildman–Crippen MR) is 295 cm³/mol. The number of allylic oxidation sites excluding steroid dienone is 14. The molecule has 0 fully saturated rings. The number of carboxylic acids is 1. The highest BCUT2D eigenvalue weighted by molar-refractivity contribution is 5.71. The molecule has 0 amide bonds. The molecule has 0 bridgehead atoms. The van der Waals surface area contributed by atoms with E-state index in [1.807, 2.05) is 21.1 Å². The molecule has 402 valence electrons. The Morgan fingerprint density at radius 1 is 0.443 bits per heavy atom. The first-order valence-electron chi connectivity index (χ1n) is 28.3. The molecule has 1 N–H and O–H groups in total. The van der Waals surface area contributed by atoms with Gasteiger partial charge in [0.1, 0.15) is 13.2 Å². The van der Waals surface area contributed by atoms with Crippen LogP contribution < -0.4 is 0 Å². The first-order chi connectivity index (χ1) is 34.1. The highest BCUT2D eigenvalue weighted by Gasteiger charge is 2.25. The number of nitrogens with zero attached hydrogens (tertiary/aromatic N) is 1. The minimum atomic E-state index is -1.52. The zero-order valence-corrected chi connectivity index (χ0v) is 45.7. The number of hydrogen-bond acceptors (Lipinski definition) is 7. The fourth-order valence-corrected chi connectivity index (χ4v) is 7.54. The Bertz CT molecular complexity index is 1420. The van der Waals surface area contributed by atoms with Crippen LogP contribution in [0.2, 0.25) is 0 Å². The summed E-state index contributed by atoms with van der Waals surface area (Å²) in [6.07, 6.45) is 65.0. The number of unbranched alkanes of at least 4 members (excludes halogenated alkanes) is 22. The Hall–Kier alpha value is -3.53. The van der Waals surface area contributed by atoms with E-state index in [9.17, 15) is 19.5 Å². The Morgan fingerprint density at radius 2 is 0.814 bits per heavy atom. The summed E-state index contributed by atoms with van der Waals surface area (Å²) in [5.41, 5.74) is 0. The van der Waals surface area contributed by atoms with Gasteiger partial charge in [-0.2, -0.15) is 0 Å². The van der Waals surface area contributed by atoms with Crippen molar-refractivity contribution < 1.29 is 42.9 Å². The topological polar surface area (TPSA) is 108 Å². The molecule has 0 saturated heterocycles. The van der Waals surface area contributed by atoms with Gasteiger partial charge in [-0.15, -0.1) is 0 Å². The van der Waals surface area contributed by atoms with Crippen LogP contribution in [-0.4, -0.2) is 87.4 Å². The molecule has 0 aliphatic heterocycles. The van der Waals surface area contributed by atoms with Crippen LogP contribution in [-0.2, 0) is 33.3 Å². The molecule has 0 rings (SSSR count). The van der Waals surface area contributed by atoms with Crippen LogP contribution in [0.1, 0.15) is 226 Å². The van der Waals surface area contributed by atoms with Crippen molar-refractivity contribution in [2.24, 2.45) is 0 Å². The summed E-state index contributed by atoms with van der Waals surface area (Å²) in [7, 11) is 5.96. The summed E-state index contributed by atoms with van der Waals surface area (Å²) >= 11 is 0. The number of aliphatic carboxylic acids is 1. The van der Waals surface area contributed by atoms with Crippen LogP contribution in [0.5, 0.6) is 0 Å². The van der Waals surface area contributed by atoms with Crippen molar-refractivity contribution in [3.63, 3.8) is 0 Å². The molecular formula is C61H106NO8+. The highest BCUT2D eigenvalue weighted by Crippen LogP contribution is 2.15. The second kappa shape index (κ2) is 51.8. The second-order valence-electron chi connectivity index (χ2n) is 19.9. The van der Waals surface area contributed by atoms with Crippen molar-refractivity contribution in [2.75, 3.05) is 47.5 Å². The maximum Gasteiger partial charge on any atom is 0.361 e. The minimum absolute atomic E-state index is 0.182. The highest BCUT2D eigenvalue weighted by atomic mass is 16.7. The van der Waals surface area contributed by atoms with Gasteiger partial charge in [0.05, 0.1) is 34.4 Å². The van der Waals surface area contributed by atoms with Gasteiger partial charge in [0.2, 0.25) is 0 Å². The molecule has 0 spiro atoms. The monoisotopic (exact) mass is 981 g/mol. The first-order valence-corrected chi connectivity index (χ1v) is 28.3. The molecule has 0 aromatic carbocycles. The Balaban J connectivity index is 4.28. The summed E-state index contributed by atoms with van der Waals surface area (Å²) in [5.74, 6) is -2.02. The molecule has 2 unspecified atom stereocenters. The lowest BCUT2D eigenvalue weighted by Gasteiger charge is -2.25. The van der Waals surface area contributed by atoms with Gasteiger partial charge in [-0.1, -0.05) is 208 Å². The maximum atomic E-state index is 12.9. The van der Waals surface area contributed by atoms with E-state index in [0.717, 1.165) is 96.3 Å². The van der Waals surface area contributed by atoms with Crippen LogP contribution in [0.15, 0.2) is 85.1 Å². The summed E-state index contributed by atoms with van der Waals surface area (Å²) in [6, 6.07) is 0. The van der Waals surface area contributed by atoms with Gasteiger partial charge in [0.15, 0.2) is 6.10 Å². The molecule has 0 aromatic heterocycles. The molecule has 0 aliphatic carbocycles. The third-order valence-electron chi connectivity index (χ3n) is 11.9. The van der Waals surface area contributed by atoms with E-state index >= 15 is 0 Å².